The van der Waals surface area contributed by atoms with Crippen LogP contribution in [0.1, 0.15) is 30.3 Å². The van der Waals surface area contributed by atoms with Crippen molar-refractivity contribution in [2.75, 3.05) is 12.3 Å². The van der Waals surface area contributed by atoms with Gasteiger partial charge in [0, 0.05) is 34.3 Å². The SMILES string of the molecule is C/C(=C(\CCOP(=O)(O)O)SC(=O)/C=C/c1cc(F)ccc1F)N(C=O)Cc1cnc(C)nc1N. The second-order valence-electron chi connectivity index (χ2n) is 7.06. The standard InChI is InChI=1S/C21H23F2N4O6PS/c1-13(27(12-28)11-16-10-25-14(2)26-21(16)24)19(7-8-33-34(30,31)32)35-20(29)6-3-15-9-17(22)4-5-18(15)23/h3-6,9-10,12H,7-8,11H2,1-2H3,(H2,24,25,26)(H2,30,31,32)/b6-3+,19-13-. The third kappa shape index (κ3) is 9.30. The number of hydrogen-bond donors (Lipinski definition) is 3. The molecule has 1 heterocycles. The Hall–Kier alpha value is -2.96. The molecule has 2 aromatic rings. The maximum absolute atomic E-state index is 13.8. The number of carbonyl (C=O) groups is 2. The van der Waals surface area contributed by atoms with E-state index in [1.54, 1.807) is 6.92 Å². The number of anilines is 1. The normalized spacial score (nSPS) is 12.5. The van der Waals surface area contributed by atoms with E-state index in [0.29, 0.717) is 29.6 Å². The van der Waals surface area contributed by atoms with Crippen molar-refractivity contribution in [3.63, 3.8) is 0 Å². The number of rotatable bonds is 11. The summed E-state index contributed by atoms with van der Waals surface area (Å²) < 4.78 is 42.6. The van der Waals surface area contributed by atoms with Gasteiger partial charge in [0.1, 0.15) is 23.3 Å². The Labute approximate surface area is 204 Å². The predicted octanol–water partition coefficient (Wildman–Crippen LogP) is 3.31. The van der Waals surface area contributed by atoms with E-state index in [0.717, 1.165) is 30.4 Å². The molecular formula is C21H23F2N4O6PS. The molecule has 0 aliphatic heterocycles. The number of nitrogens with two attached hydrogens (primary N) is 1. The van der Waals surface area contributed by atoms with Crippen molar-refractivity contribution in [1.29, 1.82) is 0 Å². The summed E-state index contributed by atoms with van der Waals surface area (Å²) in [7, 11) is -4.77. The summed E-state index contributed by atoms with van der Waals surface area (Å²) in [6, 6.07) is 2.78. The molecule has 0 saturated carbocycles. The topological polar surface area (TPSA) is 156 Å². The average molecular weight is 528 g/mol. The van der Waals surface area contributed by atoms with Crippen LogP contribution in [0.5, 0.6) is 0 Å². The number of thioether (sulfide) groups is 1. The molecule has 0 atom stereocenters. The van der Waals surface area contributed by atoms with Gasteiger partial charge in [-0.1, -0.05) is 0 Å². The zero-order valence-corrected chi connectivity index (χ0v) is 20.4. The molecule has 0 fully saturated rings. The summed E-state index contributed by atoms with van der Waals surface area (Å²) in [6.45, 7) is 2.67. The van der Waals surface area contributed by atoms with Crippen molar-refractivity contribution >= 4 is 43.0 Å². The van der Waals surface area contributed by atoms with Crippen molar-refractivity contribution in [2.45, 2.75) is 26.8 Å². The number of halogens is 2. The van der Waals surface area contributed by atoms with Crippen molar-refractivity contribution < 1.29 is 37.2 Å². The van der Waals surface area contributed by atoms with Crippen molar-refractivity contribution in [2.24, 2.45) is 0 Å². The molecule has 0 radical (unpaired) electrons. The summed E-state index contributed by atoms with van der Waals surface area (Å²) in [5.41, 5.74) is 6.45. The van der Waals surface area contributed by atoms with E-state index in [4.69, 9.17) is 15.5 Å². The minimum Gasteiger partial charge on any atom is -0.383 e. The van der Waals surface area contributed by atoms with Gasteiger partial charge in [-0.25, -0.2) is 23.3 Å². The fourth-order valence-corrected chi connectivity index (χ4v) is 3.89. The molecule has 1 amide bonds. The van der Waals surface area contributed by atoms with Crippen LogP contribution in [0.4, 0.5) is 14.6 Å². The van der Waals surface area contributed by atoms with Gasteiger partial charge < -0.3 is 20.4 Å². The molecule has 0 aliphatic carbocycles. The van der Waals surface area contributed by atoms with Crippen LogP contribution >= 0.6 is 19.6 Å². The van der Waals surface area contributed by atoms with Gasteiger partial charge in [0.2, 0.25) is 11.5 Å². The van der Waals surface area contributed by atoms with Crippen LogP contribution in [0.3, 0.4) is 0 Å². The van der Waals surface area contributed by atoms with Crippen LogP contribution in [0.25, 0.3) is 6.08 Å². The third-order valence-corrected chi connectivity index (χ3v) is 6.09. The Morgan fingerprint density at radius 1 is 1.34 bits per heavy atom. The van der Waals surface area contributed by atoms with Crippen LogP contribution in [-0.2, 0) is 25.2 Å². The van der Waals surface area contributed by atoms with Crippen molar-refractivity contribution in [3.05, 3.63) is 69.7 Å². The molecule has 35 heavy (non-hydrogen) atoms. The van der Waals surface area contributed by atoms with E-state index >= 15 is 0 Å². The Morgan fingerprint density at radius 2 is 2.06 bits per heavy atom. The first kappa shape index (κ1) is 28.3. The molecule has 4 N–H and O–H groups in total. The Kier molecular flexibility index (Phi) is 10.2. The first-order chi connectivity index (χ1) is 16.4. The van der Waals surface area contributed by atoms with Gasteiger partial charge in [-0.2, -0.15) is 0 Å². The van der Waals surface area contributed by atoms with E-state index in [1.807, 2.05) is 0 Å². The summed E-state index contributed by atoms with van der Waals surface area (Å²) in [4.78, 5) is 51.7. The molecule has 1 aromatic carbocycles. The number of nitrogen functional groups attached to an aromatic ring is 1. The fraction of sp³-hybridized carbons (Fsp3) is 0.238. The first-order valence-electron chi connectivity index (χ1n) is 9.94. The molecule has 10 nitrogen and oxygen atoms in total. The third-order valence-electron chi connectivity index (χ3n) is 4.49. The number of amides is 1. The van der Waals surface area contributed by atoms with E-state index in [1.165, 1.54) is 18.0 Å². The van der Waals surface area contributed by atoms with Gasteiger partial charge in [0.05, 0.1) is 13.2 Å². The Bertz CT molecular complexity index is 1200. The van der Waals surface area contributed by atoms with Crippen LogP contribution in [0.2, 0.25) is 0 Å². The lowest BCUT2D eigenvalue weighted by Gasteiger charge is -2.22. The van der Waals surface area contributed by atoms with Gasteiger partial charge in [-0.15, -0.1) is 0 Å². The molecule has 0 spiro atoms. The summed E-state index contributed by atoms with van der Waals surface area (Å²) >= 11 is 0.635. The largest absolute Gasteiger partial charge is 0.469 e. The number of allylic oxidation sites excluding steroid dienone is 1. The smallest absolute Gasteiger partial charge is 0.383 e. The summed E-state index contributed by atoms with van der Waals surface area (Å²) in [6.07, 6.45) is 3.90. The zero-order valence-electron chi connectivity index (χ0n) is 18.7. The van der Waals surface area contributed by atoms with Crippen LogP contribution in [-0.4, -0.2) is 42.8 Å². The fourth-order valence-electron chi connectivity index (χ4n) is 2.73. The number of hydrogen-bond acceptors (Lipinski definition) is 8. The molecule has 14 heteroatoms. The highest BCUT2D eigenvalue weighted by Gasteiger charge is 2.19. The first-order valence-corrected chi connectivity index (χ1v) is 12.3. The highest BCUT2D eigenvalue weighted by molar-refractivity contribution is 8.17. The maximum atomic E-state index is 13.8. The quantitative estimate of drug-likeness (QED) is 0.225. The minimum atomic E-state index is -4.77. The summed E-state index contributed by atoms with van der Waals surface area (Å²) in [5.74, 6) is -0.813. The van der Waals surface area contributed by atoms with Gasteiger partial charge in [-0.3, -0.25) is 14.1 Å². The average Bonchev–Trinajstić information content (AvgIpc) is 2.77. The zero-order chi connectivity index (χ0) is 26.2. The molecule has 0 aliphatic rings. The molecule has 0 unspecified atom stereocenters. The number of benzene rings is 1. The van der Waals surface area contributed by atoms with Crippen LogP contribution in [0, 0.1) is 18.6 Å². The number of phosphoric ester groups is 1. The van der Waals surface area contributed by atoms with Gasteiger partial charge in [-0.05, 0) is 56.0 Å². The second kappa shape index (κ2) is 12.7. The summed E-state index contributed by atoms with van der Waals surface area (Å²) in [5, 5.41) is -0.608. The lowest BCUT2D eigenvalue weighted by atomic mass is 10.2. The lowest BCUT2D eigenvalue weighted by molar-refractivity contribution is -0.117. The molecule has 2 rings (SSSR count). The lowest BCUT2D eigenvalue weighted by Crippen LogP contribution is -2.22. The van der Waals surface area contributed by atoms with E-state index < -0.39 is 31.2 Å². The molecule has 0 saturated heterocycles. The van der Waals surface area contributed by atoms with Gasteiger partial charge >= 0.3 is 7.82 Å². The Morgan fingerprint density at radius 3 is 2.69 bits per heavy atom. The predicted molar refractivity (Wildman–Crippen MR) is 126 cm³/mol. The van der Waals surface area contributed by atoms with Crippen molar-refractivity contribution in [1.82, 2.24) is 14.9 Å². The minimum absolute atomic E-state index is 0.0383. The highest BCUT2D eigenvalue weighted by Crippen LogP contribution is 2.37. The molecule has 1 aromatic heterocycles. The van der Waals surface area contributed by atoms with Gasteiger partial charge in [0.15, 0.2) is 0 Å². The highest BCUT2D eigenvalue weighted by atomic mass is 32.2. The van der Waals surface area contributed by atoms with E-state index in [2.05, 4.69) is 14.5 Å². The van der Waals surface area contributed by atoms with Crippen molar-refractivity contribution in [3.8, 4) is 0 Å². The number of carbonyl (C=O) groups excluding carboxylic acids is 2. The Balaban J connectivity index is 2.29. The van der Waals surface area contributed by atoms with E-state index in [9.17, 15) is 22.9 Å². The van der Waals surface area contributed by atoms with E-state index in [-0.39, 0.29) is 34.9 Å². The maximum Gasteiger partial charge on any atom is 0.469 e. The number of phosphoric acid groups is 1. The number of aryl methyl sites for hydroxylation is 1. The molecule has 188 valence electrons. The van der Waals surface area contributed by atoms with Crippen LogP contribution in [0.15, 0.2) is 41.1 Å². The number of nitrogens with zero attached hydrogens (tertiary/aromatic N) is 3. The van der Waals surface area contributed by atoms with Crippen LogP contribution < -0.4 is 5.73 Å². The number of aromatic nitrogens is 2. The van der Waals surface area contributed by atoms with Gasteiger partial charge in [0.25, 0.3) is 0 Å². The second-order valence-corrected chi connectivity index (χ2v) is 9.40. The molecular weight excluding hydrogens is 505 g/mol. The molecule has 0 bridgehead atoms. The monoisotopic (exact) mass is 528 g/mol.